The third kappa shape index (κ3) is 4.12. The van der Waals surface area contributed by atoms with Gasteiger partial charge in [0.05, 0.1) is 35.9 Å². The summed E-state index contributed by atoms with van der Waals surface area (Å²) in [6, 6.07) is 12.7. The molecule has 0 aliphatic heterocycles. The van der Waals surface area contributed by atoms with Crippen LogP contribution in [0.3, 0.4) is 0 Å². The number of nitrogens with two attached hydrogens (primary N) is 1. The van der Waals surface area contributed by atoms with Crippen molar-refractivity contribution in [1.82, 2.24) is 9.55 Å². The van der Waals surface area contributed by atoms with Crippen molar-refractivity contribution < 1.29 is 13.9 Å². The number of thioether (sulfide) groups is 1. The van der Waals surface area contributed by atoms with Crippen LogP contribution in [0.25, 0.3) is 10.9 Å². The number of carbonyl (C=O) groups excluding carboxylic acids is 1. The van der Waals surface area contributed by atoms with E-state index >= 15 is 0 Å². The van der Waals surface area contributed by atoms with Gasteiger partial charge in [-0.2, -0.15) is 5.26 Å². The second kappa shape index (κ2) is 9.30. The maximum atomic E-state index is 13.2. The van der Waals surface area contributed by atoms with E-state index in [1.165, 1.54) is 16.3 Å². The van der Waals surface area contributed by atoms with Gasteiger partial charge in [-0.25, -0.2) is 9.78 Å². The number of ether oxygens (including phenoxy) is 1. The largest absolute Gasteiger partial charge is 0.467 e. The van der Waals surface area contributed by atoms with Gasteiger partial charge in [0.25, 0.3) is 5.56 Å². The summed E-state index contributed by atoms with van der Waals surface area (Å²) < 4.78 is 12.1. The first-order valence-electron chi connectivity index (χ1n) is 9.66. The Morgan fingerprint density at radius 2 is 2.16 bits per heavy atom. The average Bonchev–Trinajstić information content (AvgIpc) is 3.42. The zero-order valence-electron chi connectivity index (χ0n) is 17.0. The van der Waals surface area contributed by atoms with Crippen LogP contribution in [-0.4, -0.2) is 22.1 Å². The topological polar surface area (TPSA) is 124 Å². The molecule has 0 aliphatic carbocycles. The number of para-hydroxylation sites is 1. The van der Waals surface area contributed by atoms with Gasteiger partial charge in [0.1, 0.15) is 21.7 Å². The number of benzene rings is 1. The predicted octanol–water partition coefficient (Wildman–Crippen LogP) is 4.02. The first kappa shape index (κ1) is 21.7. The quantitative estimate of drug-likeness (QED) is 0.246. The third-order valence-electron chi connectivity index (χ3n) is 4.67. The van der Waals surface area contributed by atoms with Crippen LogP contribution >= 0.6 is 23.1 Å². The molecule has 10 heteroatoms. The van der Waals surface area contributed by atoms with Crippen LogP contribution in [0, 0.1) is 11.3 Å². The number of fused-ring (bicyclic) bond motifs is 1. The lowest BCUT2D eigenvalue weighted by Gasteiger charge is -2.12. The number of nitrogen functional groups attached to an aromatic ring is 1. The molecule has 0 radical (unpaired) electrons. The number of thiophene rings is 1. The molecule has 0 atom stereocenters. The lowest BCUT2D eigenvalue weighted by atomic mass is 10.2. The van der Waals surface area contributed by atoms with E-state index in [1.54, 1.807) is 43.5 Å². The summed E-state index contributed by atoms with van der Waals surface area (Å²) in [5.74, 6) is 0.296. The van der Waals surface area contributed by atoms with Crippen molar-refractivity contribution in [1.29, 1.82) is 5.26 Å². The van der Waals surface area contributed by atoms with Gasteiger partial charge < -0.3 is 14.9 Å². The monoisotopic (exact) mass is 466 g/mol. The van der Waals surface area contributed by atoms with E-state index in [0.29, 0.717) is 27.4 Å². The fourth-order valence-electron chi connectivity index (χ4n) is 3.20. The third-order valence-corrected chi connectivity index (χ3v) is 6.72. The lowest BCUT2D eigenvalue weighted by molar-refractivity contribution is 0.0531. The molecule has 0 bridgehead atoms. The minimum Gasteiger partial charge on any atom is -0.467 e. The van der Waals surface area contributed by atoms with E-state index in [4.69, 9.17) is 14.9 Å². The summed E-state index contributed by atoms with van der Waals surface area (Å²) in [6.07, 6.45) is 1.54. The first-order valence-corrected chi connectivity index (χ1v) is 11.5. The zero-order chi connectivity index (χ0) is 22.7. The Morgan fingerprint density at radius 3 is 2.88 bits per heavy atom. The number of esters is 1. The van der Waals surface area contributed by atoms with E-state index in [0.717, 1.165) is 11.3 Å². The second-order valence-electron chi connectivity index (χ2n) is 6.65. The Kier molecular flexibility index (Phi) is 6.30. The Hall–Kier alpha value is -3.55. The van der Waals surface area contributed by atoms with Crippen molar-refractivity contribution in [3.05, 3.63) is 74.8 Å². The smallest absolute Gasteiger partial charge is 0.348 e. The van der Waals surface area contributed by atoms with Gasteiger partial charge in [0, 0.05) is 11.3 Å². The highest BCUT2D eigenvalue weighted by molar-refractivity contribution is 7.98. The van der Waals surface area contributed by atoms with Gasteiger partial charge in [-0.15, -0.1) is 11.3 Å². The predicted molar refractivity (Wildman–Crippen MR) is 123 cm³/mol. The number of hydrogen-bond acceptors (Lipinski definition) is 9. The van der Waals surface area contributed by atoms with Crippen molar-refractivity contribution in [3.8, 4) is 6.07 Å². The van der Waals surface area contributed by atoms with E-state index in [-0.39, 0.29) is 39.9 Å². The number of rotatable bonds is 7. The normalized spacial score (nSPS) is 10.9. The maximum Gasteiger partial charge on any atom is 0.348 e. The Bertz CT molecular complexity index is 1380. The van der Waals surface area contributed by atoms with Crippen LogP contribution in [0.1, 0.15) is 33.5 Å². The molecular weight excluding hydrogens is 448 g/mol. The van der Waals surface area contributed by atoms with Crippen molar-refractivity contribution in [3.63, 3.8) is 0 Å². The lowest BCUT2D eigenvalue weighted by Crippen LogP contribution is -2.23. The molecule has 162 valence electrons. The van der Waals surface area contributed by atoms with E-state index in [2.05, 4.69) is 11.1 Å². The highest BCUT2D eigenvalue weighted by Gasteiger charge is 2.24. The van der Waals surface area contributed by atoms with Crippen LogP contribution in [0.4, 0.5) is 5.00 Å². The molecule has 3 heterocycles. The fourth-order valence-corrected chi connectivity index (χ4v) is 5.25. The summed E-state index contributed by atoms with van der Waals surface area (Å²) in [4.78, 5) is 30.5. The molecule has 0 aliphatic rings. The average molecular weight is 467 g/mol. The van der Waals surface area contributed by atoms with Crippen molar-refractivity contribution >= 4 is 45.0 Å². The molecule has 0 fully saturated rings. The van der Waals surface area contributed by atoms with Crippen LogP contribution in [-0.2, 0) is 17.0 Å². The van der Waals surface area contributed by atoms with Crippen molar-refractivity contribution in [2.75, 3.05) is 12.3 Å². The SMILES string of the molecule is CCOC(=O)c1sc(N)c(C#N)c1CSc1nc2ccccc2c(=O)n1Cc1ccco1. The molecular formula is C22H18N4O4S2. The number of hydrogen-bond donors (Lipinski definition) is 1. The Balaban J connectivity index is 1.76. The fraction of sp³-hybridized carbons (Fsp3) is 0.182. The Labute approximate surface area is 191 Å². The molecule has 32 heavy (non-hydrogen) atoms. The highest BCUT2D eigenvalue weighted by atomic mass is 32.2. The zero-order valence-corrected chi connectivity index (χ0v) is 18.7. The second-order valence-corrected chi connectivity index (χ2v) is 8.65. The van der Waals surface area contributed by atoms with E-state index in [9.17, 15) is 14.9 Å². The standard InChI is InChI=1S/C22H18N4O4S2/c1-2-29-21(28)18-16(15(10-23)19(24)32-18)12-31-22-25-17-8-4-3-7-14(17)20(27)26(22)11-13-6-5-9-30-13/h3-9H,2,11-12,24H2,1H3. The number of nitriles is 1. The van der Waals surface area contributed by atoms with Crippen LogP contribution in [0.2, 0.25) is 0 Å². The van der Waals surface area contributed by atoms with Gasteiger partial charge in [-0.1, -0.05) is 23.9 Å². The molecule has 3 aromatic heterocycles. The molecule has 4 aromatic rings. The minimum absolute atomic E-state index is 0.202. The van der Waals surface area contributed by atoms with Gasteiger partial charge in [-0.05, 0) is 31.2 Å². The molecule has 0 spiro atoms. The molecule has 8 nitrogen and oxygen atoms in total. The molecule has 2 N–H and O–H groups in total. The van der Waals surface area contributed by atoms with Gasteiger partial charge in [-0.3, -0.25) is 9.36 Å². The summed E-state index contributed by atoms with van der Waals surface area (Å²) in [7, 11) is 0. The van der Waals surface area contributed by atoms with Crippen LogP contribution in [0.5, 0.6) is 0 Å². The molecule has 0 unspecified atom stereocenters. The van der Waals surface area contributed by atoms with E-state index < -0.39 is 5.97 Å². The number of nitrogens with zero attached hydrogens (tertiary/aromatic N) is 3. The minimum atomic E-state index is -0.527. The first-order chi connectivity index (χ1) is 15.5. The van der Waals surface area contributed by atoms with Crippen molar-refractivity contribution in [2.24, 2.45) is 0 Å². The number of carbonyl (C=O) groups is 1. The Morgan fingerprint density at radius 1 is 1.34 bits per heavy atom. The summed E-state index contributed by atoms with van der Waals surface area (Å²) in [5.41, 5.74) is 7.05. The van der Waals surface area contributed by atoms with Gasteiger partial charge in [0.15, 0.2) is 5.16 Å². The molecule has 0 saturated heterocycles. The number of anilines is 1. The molecule has 4 rings (SSSR count). The molecule has 0 saturated carbocycles. The summed E-state index contributed by atoms with van der Waals surface area (Å²) in [5, 5.41) is 10.8. The number of aromatic nitrogens is 2. The summed E-state index contributed by atoms with van der Waals surface area (Å²) >= 11 is 2.27. The van der Waals surface area contributed by atoms with Gasteiger partial charge >= 0.3 is 5.97 Å². The van der Waals surface area contributed by atoms with Crippen LogP contribution < -0.4 is 11.3 Å². The number of furan rings is 1. The van der Waals surface area contributed by atoms with E-state index in [1.807, 2.05) is 6.07 Å². The van der Waals surface area contributed by atoms with Crippen LogP contribution in [0.15, 0.2) is 57.0 Å². The maximum absolute atomic E-state index is 13.2. The van der Waals surface area contributed by atoms with Gasteiger partial charge in [0.2, 0.25) is 0 Å². The molecule has 1 aromatic carbocycles. The summed E-state index contributed by atoms with van der Waals surface area (Å²) in [6.45, 7) is 2.12. The molecule has 0 amide bonds. The highest BCUT2D eigenvalue weighted by Crippen LogP contribution is 2.35. The van der Waals surface area contributed by atoms with Crippen molar-refractivity contribution in [2.45, 2.75) is 24.4 Å².